The number of ether oxygens (including phenoxy) is 1. The molecule has 0 atom stereocenters. The fourth-order valence-corrected chi connectivity index (χ4v) is 3.73. The molecule has 0 bridgehead atoms. The second kappa shape index (κ2) is 6.78. The van der Waals surface area contributed by atoms with E-state index in [0.29, 0.717) is 34.1 Å². The van der Waals surface area contributed by atoms with E-state index in [1.807, 2.05) is 19.9 Å². The maximum absolute atomic E-state index is 11.1. The topological polar surface area (TPSA) is 63.8 Å². The van der Waals surface area contributed by atoms with E-state index in [1.54, 1.807) is 19.1 Å². The number of hydrogen-bond donors (Lipinski definition) is 1. The van der Waals surface area contributed by atoms with E-state index in [2.05, 4.69) is 9.83 Å². The molecule has 114 valence electrons. The van der Waals surface area contributed by atoms with Crippen LogP contribution >= 0.6 is 0 Å². The number of aryl methyl sites for hydroxylation is 1. The van der Waals surface area contributed by atoms with Gasteiger partial charge in [0.05, 0.1) is 0 Å². The molecule has 5 nitrogen and oxygen atoms in total. The van der Waals surface area contributed by atoms with Gasteiger partial charge in [0.25, 0.3) is 0 Å². The van der Waals surface area contributed by atoms with Gasteiger partial charge >= 0.3 is 135 Å². The molecule has 22 heavy (non-hydrogen) atoms. The summed E-state index contributed by atoms with van der Waals surface area (Å²) >= 11 is -0.338. The van der Waals surface area contributed by atoms with Crippen molar-refractivity contribution in [1.82, 2.24) is 4.98 Å². The summed E-state index contributed by atoms with van der Waals surface area (Å²) in [5.41, 5.74) is 1.77. The van der Waals surface area contributed by atoms with Crippen molar-refractivity contribution in [1.29, 1.82) is 0 Å². The van der Waals surface area contributed by atoms with E-state index in [1.165, 1.54) is 0 Å². The molecule has 1 heterocycles. The van der Waals surface area contributed by atoms with Crippen molar-refractivity contribution in [3.05, 3.63) is 39.7 Å². The van der Waals surface area contributed by atoms with Gasteiger partial charge in [0, 0.05) is 0 Å². The molecule has 2 aromatic rings. The van der Waals surface area contributed by atoms with Gasteiger partial charge in [-0.1, -0.05) is 0 Å². The Morgan fingerprint density at radius 2 is 2.23 bits per heavy atom. The second-order valence-corrected chi connectivity index (χ2v) is 7.33. The second-order valence-electron chi connectivity index (χ2n) is 5.24. The zero-order valence-corrected chi connectivity index (χ0v) is 14.3. The maximum atomic E-state index is 11.1. The van der Waals surface area contributed by atoms with Gasteiger partial charge in [-0.05, 0) is 0 Å². The Morgan fingerprint density at radius 1 is 1.50 bits per heavy atom. The number of rotatable bonds is 5. The van der Waals surface area contributed by atoms with Crippen LogP contribution in [0.3, 0.4) is 0 Å². The molecular weight excluding hydrogens is 347 g/mol. The molecule has 0 amide bonds. The van der Waals surface area contributed by atoms with Crippen molar-refractivity contribution >= 4 is 26.2 Å². The molecule has 0 aliphatic heterocycles. The van der Waals surface area contributed by atoms with Gasteiger partial charge in [0.1, 0.15) is 0 Å². The van der Waals surface area contributed by atoms with Gasteiger partial charge in [0.2, 0.25) is 0 Å². The van der Waals surface area contributed by atoms with Crippen molar-refractivity contribution in [2.24, 2.45) is 5.92 Å². The zero-order chi connectivity index (χ0) is 16.3. The Balaban J connectivity index is 2.35. The van der Waals surface area contributed by atoms with Crippen LogP contribution in [0.1, 0.15) is 28.8 Å². The number of carboxylic acid groups (broad SMARTS) is 1. The predicted molar refractivity (Wildman–Crippen MR) is 84.9 cm³/mol. The van der Waals surface area contributed by atoms with Crippen LogP contribution in [-0.2, 0) is 0 Å². The molecule has 0 unspecified atom stereocenters. The molecule has 0 saturated carbocycles. The SMILES string of the molecule is [C-]#[N+]c1cc(-c2nc(C)c(C(=O)O)[se]2)ccc1OCC(C)C. The standard InChI is InChI=1S/C16H16N2O3Se/c1-9(2)8-21-13-6-5-11(7-12(13)17-4)15-18-10(3)14(22-15)16(19)20/h5-7,9H,8H2,1-3H3,(H,19,20). The quantitative estimate of drug-likeness (QED) is 0.653. The van der Waals surface area contributed by atoms with Gasteiger partial charge in [-0.2, -0.15) is 0 Å². The van der Waals surface area contributed by atoms with E-state index < -0.39 is 5.97 Å². The zero-order valence-electron chi connectivity index (χ0n) is 12.6. The first-order valence-electron chi connectivity index (χ1n) is 6.77. The molecule has 1 aromatic heterocycles. The summed E-state index contributed by atoms with van der Waals surface area (Å²) in [4.78, 5) is 19.0. The van der Waals surface area contributed by atoms with Crippen molar-refractivity contribution in [2.75, 3.05) is 6.61 Å². The molecule has 0 fully saturated rings. The molecule has 6 heteroatoms. The molecule has 2 rings (SSSR count). The third-order valence-corrected chi connectivity index (χ3v) is 5.40. The molecule has 0 saturated heterocycles. The van der Waals surface area contributed by atoms with Gasteiger partial charge in [-0.15, -0.1) is 0 Å². The molecule has 0 aliphatic carbocycles. The molecule has 0 aliphatic rings. The Hall–Kier alpha value is -2.09. The van der Waals surface area contributed by atoms with Gasteiger partial charge in [-0.25, -0.2) is 0 Å². The van der Waals surface area contributed by atoms with Crippen LogP contribution in [-0.4, -0.2) is 37.2 Å². The number of carbonyl (C=O) groups is 1. The first-order valence-corrected chi connectivity index (χ1v) is 8.49. The Kier molecular flexibility index (Phi) is 5.02. The minimum absolute atomic E-state index is 0.338. The summed E-state index contributed by atoms with van der Waals surface area (Å²) < 4.78 is 6.74. The van der Waals surface area contributed by atoms with Crippen LogP contribution < -0.4 is 4.74 Å². The van der Waals surface area contributed by atoms with Gasteiger partial charge < -0.3 is 0 Å². The number of carboxylic acids is 1. The van der Waals surface area contributed by atoms with Crippen LogP contribution in [0.4, 0.5) is 5.69 Å². The van der Waals surface area contributed by atoms with Crippen LogP contribution in [0.15, 0.2) is 18.2 Å². The van der Waals surface area contributed by atoms with Crippen LogP contribution in [0, 0.1) is 19.4 Å². The van der Waals surface area contributed by atoms with E-state index in [4.69, 9.17) is 16.4 Å². The summed E-state index contributed by atoms with van der Waals surface area (Å²) in [5.74, 6) is 0.0194. The fourth-order valence-electron chi connectivity index (χ4n) is 1.83. The summed E-state index contributed by atoms with van der Waals surface area (Å²) in [6.45, 7) is 13.6. The van der Waals surface area contributed by atoms with Gasteiger partial charge in [-0.3, -0.25) is 0 Å². The van der Waals surface area contributed by atoms with Crippen molar-refractivity contribution in [3.63, 3.8) is 0 Å². The van der Waals surface area contributed by atoms with E-state index in [9.17, 15) is 4.79 Å². The summed E-state index contributed by atoms with van der Waals surface area (Å²) in [7, 11) is 0. The predicted octanol–water partition coefficient (Wildman–Crippen LogP) is 3.40. The average Bonchev–Trinajstić information content (AvgIpc) is 2.87. The van der Waals surface area contributed by atoms with E-state index >= 15 is 0 Å². The first-order chi connectivity index (χ1) is 10.4. The molecule has 0 radical (unpaired) electrons. The monoisotopic (exact) mass is 364 g/mol. The summed E-state index contributed by atoms with van der Waals surface area (Å²) in [6, 6.07) is 5.32. The van der Waals surface area contributed by atoms with Crippen molar-refractivity contribution in [3.8, 4) is 15.9 Å². The van der Waals surface area contributed by atoms with Crippen LogP contribution in [0.25, 0.3) is 15.0 Å². The van der Waals surface area contributed by atoms with Crippen LogP contribution in [0.2, 0.25) is 0 Å². The third kappa shape index (κ3) is 3.56. The number of nitrogens with zero attached hydrogens (tertiary/aromatic N) is 2. The first kappa shape index (κ1) is 16.3. The minimum atomic E-state index is -0.918. The molecule has 1 N–H and O–H groups in total. The fraction of sp³-hybridized carbons (Fsp3) is 0.312. The van der Waals surface area contributed by atoms with Crippen molar-refractivity contribution in [2.45, 2.75) is 20.8 Å². The number of benzene rings is 1. The Labute approximate surface area is 135 Å². The molecule has 0 spiro atoms. The molecular formula is C16H16N2O3Se. The number of hydrogen-bond acceptors (Lipinski definition) is 3. The Morgan fingerprint density at radius 3 is 2.77 bits per heavy atom. The van der Waals surface area contributed by atoms with E-state index in [-0.39, 0.29) is 14.5 Å². The summed E-state index contributed by atoms with van der Waals surface area (Å²) in [6.07, 6.45) is 0. The average molecular weight is 363 g/mol. The normalized spacial score (nSPS) is 10.5. The number of aromatic nitrogens is 1. The Bertz CT molecular complexity index is 744. The molecule has 1 aromatic carbocycles. The van der Waals surface area contributed by atoms with E-state index in [0.717, 1.165) is 10.1 Å². The number of aromatic carboxylic acids is 1. The summed E-state index contributed by atoms with van der Waals surface area (Å²) in [5, 5.41) is 9.13. The van der Waals surface area contributed by atoms with Crippen LogP contribution in [0.5, 0.6) is 5.75 Å². The van der Waals surface area contributed by atoms with Crippen molar-refractivity contribution < 1.29 is 14.6 Å². The third-order valence-electron chi connectivity index (χ3n) is 2.89. The van der Waals surface area contributed by atoms with Gasteiger partial charge in [0.15, 0.2) is 0 Å².